The second-order valence-corrected chi connectivity index (χ2v) is 5.75. The number of halogens is 2. The van der Waals surface area contributed by atoms with Crippen LogP contribution in [0.4, 0.5) is 8.78 Å². The highest BCUT2D eigenvalue weighted by Gasteiger charge is 2.57. The van der Waals surface area contributed by atoms with E-state index in [9.17, 15) is 13.9 Å². The van der Waals surface area contributed by atoms with E-state index in [1.807, 2.05) is 6.92 Å². The number of aliphatic hydroxyl groups is 1. The average molecular weight is 222 g/mol. The first-order chi connectivity index (χ1) is 6.44. The van der Waals surface area contributed by atoms with Gasteiger partial charge in [0.05, 0.1) is 5.60 Å². The third-order valence-electron chi connectivity index (χ3n) is 3.52. The molecule has 1 N–H and O–H groups in total. The smallest absolute Gasteiger partial charge is 0.251 e. The molecule has 0 aromatic carbocycles. The van der Waals surface area contributed by atoms with Crippen LogP contribution in [0.5, 0.6) is 0 Å². The highest BCUT2D eigenvalue weighted by atomic mass is 32.2. The molecule has 1 saturated heterocycles. The van der Waals surface area contributed by atoms with Crippen molar-refractivity contribution in [3.05, 3.63) is 0 Å². The van der Waals surface area contributed by atoms with Crippen molar-refractivity contribution in [2.45, 2.75) is 37.7 Å². The predicted molar refractivity (Wildman–Crippen MR) is 53.7 cm³/mol. The Bertz CT molecular complexity index is 234. The first-order valence-electron chi connectivity index (χ1n) is 5.12. The molecule has 1 aliphatic heterocycles. The van der Waals surface area contributed by atoms with E-state index < -0.39 is 17.4 Å². The molecule has 3 atom stereocenters. The summed E-state index contributed by atoms with van der Waals surface area (Å²) >= 11 is 1.72. The number of alkyl halides is 2. The monoisotopic (exact) mass is 222 g/mol. The molecule has 1 heterocycles. The van der Waals surface area contributed by atoms with Crippen LogP contribution in [0.25, 0.3) is 0 Å². The highest BCUT2D eigenvalue weighted by Crippen LogP contribution is 2.52. The quantitative estimate of drug-likeness (QED) is 0.792. The maximum absolute atomic E-state index is 12.6. The van der Waals surface area contributed by atoms with Crippen molar-refractivity contribution in [2.75, 3.05) is 11.5 Å². The zero-order valence-corrected chi connectivity index (χ0v) is 9.12. The van der Waals surface area contributed by atoms with Gasteiger partial charge in [-0.1, -0.05) is 6.92 Å². The van der Waals surface area contributed by atoms with E-state index in [0.717, 1.165) is 5.75 Å². The molecule has 2 fully saturated rings. The Morgan fingerprint density at radius 1 is 1.50 bits per heavy atom. The molecule has 4 heteroatoms. The fraction of sp³-hybridized carbons (Fsp3) is 1.00. The average Bonchev–Trinajstić information content (AvgIpc) is 2.57. The van der Waals surface area contributed by atoms with Gasteiger partial charge in [-0.25, -0.2) is 8.78 Å². The van der Waals surface area contributed by atoms with E-state index in [4.69, 9.17) is 0 Å². The minimum Gasteiger partial charge on any atom is -0.389 e. The standard InChI is InChI=1S/C10H16F2OS/c1-7-5-14-6-9(7,13)3-2-8-4-10(8,11)12/h7-8,13H,2-6H2,1H3. The fourth-order valence-electron chi connectivity index (χ4n) is 2.04. The molecular formula is C10H16F2OS. The van der Waals surface area contributed by atoms with Crippen LogP contribution in [-0.4, -0.2) is 28.1 Å². The highest BCUT2D eigenvalue weighted by molar-refractivity contribution is 7.99. The molecule has 1 nitrogen and oxygen atoms in total. The van der Waals surface area contributed by atoms with Gasteiger partial charge in [-0.3, -0.25) is 0 Å². The lowest BCUT2D eigenvalue weighted by molar-refractivity contribution is 0.0110. The molecule has 0 radical (unpaired) electrons. The van der Waals surface area contributed by atoms with Crippen LogP contribution in [0.3, 0.4) is 0 Å². The minimum atomic E-state index is -2.43. The SMILES string of the molecule is CC1CSCC1(O)CCC1CC1(F)F. The molecule has 0 bridgehead atoms. The van der Waals surface area contributed by atoms with Crippen molar-refractivity contribution in [3.63, 3.8) is 0 Å². The molecule has 0 amide bonds. The van der Waals surface area contributed by atoms with Crippen molar-refractivity contribution >= 4 is 11.8 Å². The third kappa shape index (κ3) is 1.91. The summed E-state index contributed by atoms with van der Waals surface area (Å²) in [5.41, 5.74) is -0.677. The van der Waals surface area contributed by atoms with Crippen molar-refractivity contribution in [1.29, 1.82) is 0 Å². The van der Waals surface area contributed by atoms with Crippen molar-refractivity contribution < 1.29 is 13.9 Å². The van der Waals surface area contributed by atoms with Crippen LogP contribution in [0.15, 0.2) is 0 Å². The van der Waals surface area contributed by atoms with Crippen LogP contribution in [-0.2, 0) is 0 Å². The normalized spacial score (nSPS) is 45.4. The van der Waals surface area contributed by atoms with Crippen LogP contribution >= 0.6 is 11.8 Å². The van der Waals surface area contributed by atoms with Gasteiger partial charge in [0, 0.05) is 18.1 Å². The Morgan fingerprint density at radius 2 is 2.14 bits per heavy atom. The van der Waals surface area contributed by atoms with Gasteiger partial charge < -0.3 is 5.11 Å². The van der Waals surface area contributed by atoms with Gasteiger partial charge in [0.15, 0.2) is 0 Å². The molecule has 14 heavy (non-hydrogen) atoms. The molecule has 0 spiro atoms. The summed E-state index contributed by atoms with van der Waals surface area (Å²) in [5, 5.41) is 10.1. The Kier molecular flexibility index (Phi) is 2.55. The fourth-order valence-corrected chi connectivity index (χ4v) is 3.60. The maximum atomic E-state index is 12.6. The topological polar surface area (TPSA) is 20.2 Å². The molecular weight excluding hydrogens is 206 g/mol. The minimum absolute atomic E-state index is 0.0323. The second kappa shape index (κ2) is 3.34. The van der Waals surface area contributed by atoms with E-state index in [2.05, 4.69) is 0 Å². The largest absolute Gasteiger partial charge is 0.389 e. The van der Waals surface area contributed by atoms with Crippen molar-refractivity contribution in [1.82, 2.24) is 0 Å². The van der Waals surface area contributed by atoms with Gasteiger partial charge in [-0.2, -0.15) is 11.8 Å². The lowest BCUT2D eigenvalue weighted by atomic mass is 9.87. The van der Waals surface area contributed by atoms with Crippen LogP contribution in [0, 0.1) is 11.8 Å². The van der Waals surface area contributed by atoms with E-state index in [0.29, 0.717) is 18.6 Å². The van der Waals surface area contributed by atoms with Crippen LogP contribution < -0.4 is 0 Å². The first kappa shape index (κ1) is 10.7. The Balaban J connectivity index is 1.80. The summed E-state index contributed by atoms with van der Waals surface area (Å²) in [6.07, 6.45) is 1.06. The molecule has 0 aromatic heterocycles. The zero-order chi connectivity index (χ0) is 10.4. The van der Waals surface area contributed by atoms with Gasteiger partial charge in [-0.05, 0) is 24.5 Å². The van der Waals surface area contributed by atoms with E-state index in [1.54, 1.807) is 11.8 Å². The molecule has 2 aliphatic rings. The molecule has 1 aliphatic carbocycles. The van der Waals surface area contributed by atoms with Crippen LogP contribution in [0.2, 0.25) is 0 Å². The van der Waals surface area contributed by atoms with Gasteiger partial charge in [0.2, 0.25) is 0 Å². The lowest BCUT2D eigenvalue weighted by Crippen LogP contribution is -2.35. The summed E-state index contributed by atoms with van der Waals surface area (Å²) in [7, 11) is 0. The molecule has 3 unspecified atom stereocenters. The maximum Gasteiger partial charge on any atom is 0.251 e. The summed E-state index contributed by atoms with van der Waals surface area (Å²) in [5.74, 6) is -0.959. The lowest BCUT2D eigenvalue weighted by Gasteiger charge is -2.26. The number of hydrogen-bond donors (Lipinski definition) is 1. The molecule has 1 saturated carbocycles. The van der Waals surface area contributed by atoms with E-state index >= 15 is 0 Å². The number of thioether (sulfide) groups is 1. The van der Waals surface area contributed by atoms with Crippen molar-refractivity contribution in [2.24, 2.45) is 11.8 Å². The van der Waals surface area contributed by atoms with Gasteiger partial charge in [-0.15, -0.1) is 0 Å². The summed E-state index contributed by atoms with van der Waals surface area (Å²) in [6.45, 7) is 2.01. The zero-order valence-electron chi connectivity index (χ0n) is 8.30. The Labute approximate surface area is 87.3 Å². The van der Waals surface area contributed by atoms with Crippen molar-refractivity contribution in [3.8, 4) is 0 Å². The summed E-state index contributed by atoms with van der Waals surface area (Å²) < 4.78 is 25.2. The third-order valence-corrected chi connectivity index (χ3v) is 4.96. The van der Waals surface area contributed by atoms with Gasteiger partial charge in [0.25, 0.3) is 5.92 Å². The van der Waals surface area contributed by atoms with E-state index in [-0.39, 0.29) is 12.3 Å². The predicted octanol–water partition coefficient (Wildman–Crippen LogP) is 2.54. The van der Waals surface area contributed by atoms with Gasteiger partial charge in [0.1, 0.15) is 0 Å². The number of hydrogen-bond acceptors (Lipinski definition) is 2. The Morgan fingerprint density at radius 3 is 2.57 bits per heavy atom. The summed E-state index contributed by atoms with van der Waals surface area (Å²) in [6, 6.07) is 0. The molecule has 2 rings (SSSR count). The Hall–Kier alpha value is 0.170. The van der Waals surface area contributed by atoms with Crippen LogP contribution in [0.1, 0.15) is 26.2 Å². The van der Waals surface area contributed by atoms with E-state index in [1.165, 1.54) is 0 Å². The summed E-state index contributed by atoms with van der Waals surface area (Å²) in [4.78, 5) is 0. The molecule has 82 valence electrons. The second-order valence-electron chi connectivity index (χ2n) is 4.72. The molecule has 0 aromatic rings. The first-order valence-corrected chi connectivity index (χ1v) is 6.27. The van der Waals surface area contributed by atoms with Gasteiger partial charge >= 0.3 is 0 Å². The number of rotatable bonds is 3.